The van der Waals surface area contributed by atoms with Crippen LogP contribution in [0.25, 0.3) is 10.6 Å². The van der Waals surface area contributed by atoms with Crippen molar-refractivity contribution in [2.75, 3.05) is 0 Å². The molecule has 0 aliphatic rings. The first-order valence-corrected chi connectivity index (χ1v) is 9.80. The van der Waals surface area contributed by atoms with Gasteiger partial charge in [-0.3, -0.25) is 9.98 Å². The molecule has 0 aliphatic carbocycles. The van der Waals surface area contributed by atoms with Gasteiger partial charge in [0.25, 0.3) is 0 Å². The zero-order valence-corrected chi connectivity index (χ0v) is 15.7. The molecule has 0 saturated carbocycles. The molecule has 26 heavy (non-hydrogen) atoms. The normalized spacial score (nSPS) is 12.7. The van der Waals surface area contributed by atoms with Crippen LogP contribution in [-0.4, -0.2) is 15.4 Å². The van der Waals surface area contributed by atoms with Gasteiger partial charge in [-0.05, 0) is 42.1 Å². The van der Waals surface area contributed by atoms with Crippen molar-refractivity contribution in [3.8, 4) is 10.6 Å². The van der Waals surface area contributed by atoms with Gasteiger partial charge in [0.05, 0.1) is 23.4 Å². The Kier molecular flexibility index (Phi) is 4.90. The van der Waals surface area contributed by atoms with Gasteiger partial charge in [-0.1, -0.05) is 12.1 Å². The fraction of sp³-hybridized carbons (Fsp3) is 0.105. The molecule has 0 aliphatic heterocycles. The van der Waals surface area contributed by atoms with Crippen molar-refractivity contribution in [3.63, 3.8) is 0 Å². The molecule has 4 heterocycles. The number of hydrogen-bond donors (Lipinski definition) is 0. The molecule has 130 valence electrons. The summed E-state index contributed by atoms with van der Waals surface area (Å²) in [6.45, 7) is 2.50. The second kappa shape index (κ2) is 7.63. The summed E-state index contributed by atoms with van der Waals surface area (Å²) in [5, 5.41) is 8.93. The van der Waals surface area contributed by atoms with Crippen LogP contribution in [0.5, 0.6) is 0 Å². The van der Waals surface area contributed by atoms with Crippen LogP contribution in [0.3, 0.4) is 0 Å². The molecular formula is C19H16N4OS2. The van der Waals surface area contributed by atoms with Crippen molar-refractivity contribution in [2.24, 2.45) is 10.1 Å². The average molecular weight is 380 g/mol. The van der Waals surface area contributed by atoms with Gasteiger partial charge in [0.1, 0.15) is 11.5 Å². The highest BCUT2D eigenvalue weighted by molar-refractivity contribution is 7.14. The third-order valence-corrected chi connectivity index (χ3v) is 5.45. The Hall–Kier alpha value is -2.77. The predicted molar refractivity (Wildman–Crippen MR) is 105 cm³/mol. The van der Waals surface area contributed by atoms with E-state index in [0.717, 1.165) is 32.4 Å². The Bertz CT molecular complexity index is 1060. The van der Waals surface area contributed by atoms with Crippen molar-refractivity contribution in [2.45, 2.75) is 13.5 Å². The average Bonchev–Trinajstić information content (AvgIpc) is 3.42. The zero-order valence-electron chi connectivity index (χ0n) is 14.1. The Labute approximate surface area is 158 Å². The molecule has 0 bridgehead atoms. The lowest BCUT2D eigenvalue weighted by Crippen LogP contribution is -2.14. The summed E-state index contributed by atoms with van der Waals surface area (Å²) in [5.74, 6) is 0.749. The third kappa shape index (κ3) is 3.58. The minimum absolute atomic E-state index is 0.563. The number of nitrogens with zero attached hydrogens (tertiary/aromatic N) is 4. The largest absolute Gasteiger partial charge is 0.463 e. The zero-order chi connectivity index (χ0) is 17.8. The maximum absolute atomic E-state index is 5.47. The number of furan rings is 1. The number of aromatic nitrogens is 2. The van der Waals surface area contributed by atoms with E-state index in [-0.39, 0.29) is 0 Å². The molecular weight excluding hydrogens is 364 g/mol. The Morgan fingerprint density at radius 1 is 1.19 bits per heavy atom. The minimum atomic E-state index is 0.563. The summed E-state index contributed by atoms with van der Waals surface area (Å²) >= 11 is 3.26. The summed E-state index contributed by atoms with van der Waals surface area (Å²) in [6.07, 6.45) is 5.25. The van der Waals surface area contributed by atoms with E-state index in [0.29, 0.717) is 6.54 Å². The van der Waals surface area contributed by atoms with Crippen molar-refractivity contribution >= 4 is 28.4 Å². The van der Waals surface area contributed by atoms with Crippen LogP contribution in [0.2, 0.25) is 0 Å². The molecule has 4 rings (SSSR count). The molecule has 7 heteroatoms. The van der Waals surface area contributed by atoms with Gasteiger partial charge in [-0.15, -0.1) is 22.7 Å². The van der Waals surface area contributed by atoms with Gasteiger partial charge in [0, 0.05) is 17.8 Å². The van der Waals surface area contributed by atoms with Crippen LogP contribution in [0.15, 0.2) is 80.3 Å². The first-order valence-electron chi connectivity index (χ1n) is 8.04. The van der Waals surface area contributed by atoms with Crippen LogP contribution >= 0.6 is 22.7 Å². The summed E-state index contributed by atoms with van der Waals surface area (Å²) < 4.78 is 7.36. The van der Waals surface area contributed by atoms with Gasteiger partial charge < -0.3 is 4.42 Å². The minimum Gasteiger partial charge on any atom is -0.463 e. The molecule has 0 fully saturated rings. The lowest BCUT2D eigenvalue weighted by molar-refractivity contribution is 0.556. The van der Waals surface area contributed by atoms with Gasteiger partial charge in [0.2, 0.25) is 4.80 Å². The van der Waals surface area contributed by atoms with E-state index >= 15 is 0 Å². The first kappa shape index (κ1) is 16.7. The Morgan fingerprint density at radius 2 is 2.15 bits per heavy atom. The molecule has 0 atom stereocenters. The summed E-state index contributed by atoms with van der Waals surface area (Å²) in [5.41, 5.74) is 2.90. The quantitative estimate of drug-likeness (QED) is 0.474. The predicted octanol–water partition coefficient (Wildman–Crippen LogP) is 4.64. The van der Waals surface area contributed by atoms with Gasteiger partial charge in [0.15, 0.2) is 0 Å². The monoisotopic (exact) mass is 380 g/mol. The SMILES string of the molecule is CC(=Nn1c(-c2cccs2)csc1=NCc1cccnc1)c1ccco1. The van der Waals surface area contributed by atoms with E-state index in [1.807, 2.05) is 48.1 Å². The van der Waals surface area contributed by atoms with Crippen molar-refractivity contribution < 1.29 is 4.42 Å². The van der Waals surface area contributed by atoms with Crippen LogP contribution < -0.4 is 4.80 Å². The Balaban J connectivity index is 1.78. The van der Waals surface area contributed by atoms with Crippen LogP contribution in [-0.2, 0) is 6.54 Å². The van der Waals surface area contributed by atoms with E-state index in [4.69, 9.17) is 14.5 Å². The smallest absolute Gasteiger partial charge is 0.206 e. The summed E-state index contributed by atoms with van der Waals surface area (Å²) in [7, 11) is 0. The second-order valence-electron chi connectivity index (χ2n) is 5.53. The van der Waals surface area contributed by atoms with E-state index in [2.05, 4.69) is 21.8 Å². The first-order chi connectivity index (χ1) is 12.8. The lowest BCUT2D eigenvalue weighted by Gasteiger charge is -2.03. The standard InChI is InChI=1S/C19H16N4OS2/c1-14(17-6-3-9-24-17)22-23-16(18-7-4-10-25-18)13-26-19(23)21-12-15-5-2-8-20-11-15/h2-11,13H,12H2,1H3. The highest BCUT2D eigenvalue weighted by Crippen LogP contribution is 2.25. The molecule has 0 unspecified atom stereocenters. The molecule has 0 amide bonds. The van der Waals surface area contributed by atoms with Gasteiger partial charge in [-0.2, -0.15) is 5.10 Å². The number of rotatable bonds is 5. The number of pyridine rings is 1. The highest BCUT2D eigenvalue weighted by Gasteiger charge is 2.10. The summed E-state index contributed by atoms with van der Waals surface area (Å²) in [6, 6.07) is 11.8. The van der Waals surface area contributed by atoms with Gasteiger partial charge >= 0.3 is 0 Å². The molecule has 0 aromatic carbocycles. The number of thiazole rings is 1. The lowest BCUT2D eigenvalue weighted by atomic mass is 10.3. The molecule has 0 radical (unpaired) electrons. The second-order valence-corrected chi connectivity index (χ2v) is 7.32. The van der Waals surface area contributed by atoms with Crippen LogP contribution in [0.1, 0.15) is 18.2 Å². The fourth-order valence-corrected chi connectivity index (χ4v) is 4.06. The van der Waals surface area contributed by atoms with Crippen molar-refractivity contribution in [3.05, 3.63) is 81.9 Å². The number of hydrogen-bond acceptors (Lipinski definition) is 6. The Morgan fingerprint density at radius 3 is 2.88 bits per heavy atom. The van der Waals surface area contributed by atoms with Crippen molar-refractivity contribution in [1.82, 2.24) is 9.66 Å². The third-order valence-electron chi connectivity index (χ3n) is 3.71. The highest BCUT2D eigenvalue weighted by atomic mass is 32.1. The molecule has 0 saturated heterocycles. The fourth-order valence-electron chi connectivity index (χ4n) is 2.43. The topological polar surface area (TPSA) is 55.7 Å². The maximum atomic E-state index is 5.47. The van der Waals surface area contributed by atoms with Crippen molar-refractivity contribution in [1.29, 1.82) is 0 Å². The van der Waals surface area contributed by atoms with Crippen LogP contribution in [0, 0.1) is 0 Å². The molecule has 0 N–H and O–H groups in total. The van der Waals surface area contributed by atoms with E-state index in [9.17, 15) is 0 Å². The number of thiophene rings is 1. The molecule has 0 spiro atoms. The van der Waals surface area contributed by atoms with E-state index < -0.39 is 0 Å². The maximum Gasteiger partial charge on any atom is 0.206 e. The molecule has 4 aromatic rings. The molecule has 5 nitrogen and oxygen atoms in total. The van der Waals surface area contributed by atoms with E-state index in [1.54, 1.807) is 35.1 Å². The molecule has 4 aromatic heterocycles. The summed E-state index contributed by atoms with van der Waals surface area (Å²) in [4.78, 5) is 10.9. The van der Waals surface area contributed by atoms with Gasteiger partial charge in [-0.25, -0.2) is 4.68 Å². The van der Waals surface area contributed by atoms with Crippen LogP contribution in [0.4, 0.5) is 0 Å². The van der Waals surface area contributed by atoms with E-state index in [1.165, 1.54) is 0 Å².